The molecular weight excluding hydrogens is 767 g/mol. The third-order valence-corrected chi connectivity index (χ3v) is 14.0. The van der Waals surface area contributed by atoms with Gasteiger partial charge >= 0.3 is 0 Å². The van der Waals surface area contributed by atoms with Crippen LogP contribution in [0.15, 0.2) is 192 Å². The molecule has 0 amide bonds. The Morgan fingerprint density at radius 3 is 1.98 bits per heavy atom. The van der Waals surface area contributed by atoms with Gasteiger partial charge in [-0.15, -0.1) is 0 Å². The fraction of sp³-hybridized carbons (Fsp3) is 0.0667. The molecule has 0 bridgehead atoms. The van der Waals surface area contributed by atoms with Crippen molar-refractivity contribution in [3.63, 3.8) is 0 Å². The van der Waals surface area contributed by atoms with E-state index < -0.39 is 0 Å². The van der Waals surface area contributed by atoms with Gasteiger partial charge in [0.2, 0.25) is 0 Å². The van der Waals surface area contributed by atoms with Crippen molar-refractivity contribution < 1.29 is 9.52 Å². The zero-order valence-corrected chi connectivity index (χ0v) is 35.0. The maximum atomic E-state index is 11.0. The lowest BCUT2D eigenvalue weighted by molar-refractivity contribution is 0.476. The molecule has 9 aromatic carbocycles. The Balaban J connectivity index is 0.886. The Bertz CT molecular complexity index is 3740. The minimum atomic E-state index is -0.266. The van der Waals surface area contributed by atoms with Gasteiger partial charge in [0.1, 0.15) is 16.9 Å². The Hall–Kier alpha value is -7.88. The van der Waals surface area contributed by atoms with E-state index in [0.29, 0.717) is 5.75 Å². The van der Waals surface area contributed by atoms with Gasteiger partial charge in [0, 0.05) is 38.5 Å². The van der Waals surface area contributed by atoms with Crippen molar-refractivity contribution in [2.75, 3.05) is 0 Å². The van der Waals surface area contributed by atoms with E-state index >= 15 is 0 Å². The molecule has 2 heterocycles. The van der Waals surface area contributed by atoms with Crippen LogP contribution in [0.4, 0.5) is 0 Å². The Morgan fingerprint density at radius 2 is 1.16 bits per heavy atom. The van der Waals surface area contributed by atoms with Crippen LogP contribution in [-0.2, 0) is 11.8 Å². The molecule has 1 atom stereocenters. The molecule has 13 rings (SSSR count). The van der Waals surface area contributed by atoms with Gasteiger partial charge < -0.3 is 14.1 Å². The number of aromatic nitrogens is 1. The van der Waals surface area contributed by atoms with E-state index in [4.69, 9.17) is 4.42 Å². The summed E-state index contributed by atoms with van der Waals surface area (Å²) in [5.74, 6) is 0.304. The van der Waals surface area contributed by atoms with Gasteiger partial charge in [0.05, 0.1) is 5.52 Å². The van der Waals surface area contributed by atoms with Gasteiger partial charge in [-0.3, -0.25) is 0 Å². The summed E-state index contributed by atoms with van der Waals surface area (Å²) in [7, 11) is 0. The molecule has 0 radical (unpaired) electrons. The Kier molecular flexibility index (Phi) is 7.57. The number of phenols is 1. The molecule has 0 spiro atoms. The standard InChI is InChI=1S/C60H41NO2/c1-36-11-3-4-14-42(36)50-34-40(23-26-56(50)62)60(2)30-29-55-53(35-60)46-17-7-8-20-54(46)61(55)41-13-9-12-37(31-41)38-21-27-57-51(32-38)52-33-39(22-28-58(52)63-57)43-24-25-49-45-16-6-5-15-44(45)48-19-10-18-47(43)59(48)49/h3-34,62H,35H2,1-2H3. The monoisotopic (exact) mass is 807 g/mol. The van der Waals surface area contributed by atoms with Crippen molar-refractivity contribution >= 4 is 49.7 Å². The van der Waals surface area contributed by atoms with E-state index in [-0.39, 0.29) is 5.41 Å². The zero-order valence-electron chi connectivity index (χ0n) is 35.0. The number of phenolic OH excluding ortho intramolecular Hbond substituents is 1. The number of aryl methyl sites for hydroxylation is 1. The first-order valence-corrected chi connectivity index (χ1v) is 21.8. The molecule has 1 N–H and O–H groups in total. The molecule has 0 saturated heterocycles. The maximum Gasteiger partial charge on any atom is 0.135 e. The highest BCUT2D eigenvalue weighted by atomic mass is 16.3. The molecule has 2 aromatic heterocycles. The maximum absolute atomic E-state index is 11.0. The number of aromatic hydroxyl groups is 1. The van der Waals surface area contributed by atoms with Crippen molar-refractivity contribution in [1.29, 1.82) is 0 Å². The predicted octanol–water partition coefficient (Wildman–Crippen LogP) is 15.9. The molecule has 63 heavy (non-hydrogen) atoms. The van der Waals surface area contributed by atoms with E-state index in [1.165, 1.54) is 71.9 Å². The minimum Gasteiger partial charge on any atom is -0.507 e. The van der Waals surface area contributed by atoms with Crippen LogP contribution < -0.4 is 0 Å². The van der Waals surface area contributed by atoms with Crippen LogP contribution in [0.5, 0.6) is 5.75 Å². The quantitative estimate of drug-likeness (QED) is 0.188. The molecule has 298 valence electrons. The summed E-state index contributed by atoms with van der Waals surface area (Å²) in [4.78, 5) is 0. The van der Waals surface area contributed by atoms with E-state index in [0.717, 1.165) is 61.9 Å². The third kappa shape index (κ3) is 5.33. The molecule has 0 saturated carbocycles. The van der Waals surface area contributed by atoms with Crippen molar-refractivity contribution in [2.24, 2.45) is 0 Å². The lowest BCUT2D eigenvalue weighted by Crippen LogP contribution is -2.25. The summed E-state index contributed by atoms with van der Waals surface area (Å²) in [6.45, 7) is 4.42. The Morgan fingerprint density at radius 1 is 0.508 bits per heavy atom. The molecule has 2 aliphatic carbocycles. The molecule has 3 heteroatoms. The summed E-state index contributed by atoms with van der Waals surface area (Å²) >= 11 is 0. The van der Waals surface area contributed by atoms with Gasteiger partial charge in [-0.1, -0.05) is 140 Å². The summed E-state index contributed by atoms with van der Waals surface area (Å²) in [5.41, 5.74) is 20.6. The molecule has 0 fully saturated rings. The van der Waals surface area contributed by atoms with Gasteiger partial charge in [-0.2, -0.15) is 0 Å². The summed E-state index contributed by atoms with van der Waals surface area (Å²) in [6, 6.07) is 65.4. The average molecular weight is 808 g/mol. The van der Waals surface area contributed by atoms with Crippen LogP contribution in [0.1, 0.15) is 29.3 Å². The van der Waals surface area contributed by atoms with Crippen LogP contribution in [0.2, 0.25) is 0 Å². The number of fused-ring (bicyclic) bond motifs is 9. The highest BCUT2D eigenvalue weighted by Gasteiger charge is 2.33. The molecule has 3 nitrogen and oxygen atoms in total. The van der Waals surface area contributed by atoms with E-state index in [1.807, 2.05) is 18.2 Å². The molecule has 1 unspecified atom stereocenters. The molecule has 2 aliphatic rings. The van der Waals surface area contributed by atoms with E-state index in [2.05, 4.69) is 194 Å². The van der Waals surface area contributed by atoms with Crippen LogP contribution in [-0.4, -0.2) is 9.67 Å². The first-order valence-electron chi connectivity index (χ1n) is 21.8. The number of nitrogens with zero attached hydrogens (tertiary/aromatic N) is 1. The SMILES string of the molecule is Cc1ccccc1-c1cc(C2(C)C=Cc3c(c4ccccc4n3-c3cccc(-c4ccc5oc6ccc(-c7ccc8c9c(cccc79)-c7ccccc7-8)cc6c5c4)c3)C2)ccc1O. The van der Waals surface area contributed by atoms with Crippen LogP contribution in [0, 0.1) is 6.92 Å². The Labute approximate surface area is 365 Å². The largest absolute Gasteiger partial charge is 0.507 e. The number of hydrogen-bond donors (Lipinski definition) is 1. The summed E-state index contributed by atoms with van der Waals surface area (Å²) in [5, 5.41) is 17.1. The fourth-order valence-corrected chi connectivity index (χ4v) is 10.8. The molecule has 0 aliphatic heterocycles. The lowest BCUT2D eigenvalue weighted by atomic mass is 9.73. The second kappa shape index (κ2) is 13.3. The fourth-order valence-electron chi connectivity index (χ4n) is 10.8. The topological polar surface area (TPSA) is 38.3 Å². The van der Waals surface area contributed by atoms with Crippen molar-refractivity contribution in [3.8, 4) is 67.1 Å². The molecular formula is C60H41NO2. The minimum absolute atomic E-state index is 0.266. The predicted molar refractivity (Wildman–Crippen MR) is 262 cm³/mol. The number of rotatable bonds is 5. The first kappa shape index (κ1) is 35.8. The van der Waals surface area contributed by atoms with Gasteiger partial charge in [0.15, 0.2) is 0 Å². The highest BCUT2D eigenvalue weighted by Crippen LogP contribution is 2.50. The van der Waals surface area contributed by atoms with Gasteiger partial charge in [0.25, 0.3) is 0 Å². The van der Waals surface area contributed by atoms with Crippen LogP contribution >= 0.6 is 0 Å². The second-order valence-electron chi connectivity index (χ2n) is 17.7. The van der Waals surface area contributed by atoms with Crippen LogP contribution in [0.25, 0.3) is 111 Å². The van der Waals surface area contributed by atoms with E-state index in [1.54, 1.807) is 0 Å². The van der Waals surface area contributed by atoms with Crippen LogP contribution in [0.3, 0.4) is 0 Å². The second-order valence-corrected chi connectivity index (χ2v) is 17.7. The van der Waals surface area contributed by atoms with Crippen molar-refractivity contribution in [1.82, 2.24) is 4.57 Å². The normalized spacial score (nSPS) is 15.1. The number of benzene rings is 9. The zero-order chi connectivity index (χ0) is 42.0. The van der Waals surface area contributed by atoms with Crippen molar-refractivity contribution in [3.05, 3.63) is 210 Å². The van der Waals surface area contributed by atoms with Gasteiger partial charge in [-0.25, -0.2) is 0 Å². The third-order valence-electron chi connectivity index (χ3n) is 14.0. The first-order chi connectivity index (χ1) is 30.9. The average Bonchev–Trinajstić information content (AvgIpc) is 3.97. The van der Waals surface area contributed by atoms with Crippen molar-refractivity contribution in [2.45, 2.75) is 25.7 Å². The van der Waals surface area contributed by atoms with E-state index in [9.17, 15) is 5.11 Å². The number of furan rings is 1. The lowest BCUT2D eigenvalue weighted by Gasteiger charge is -2.31. The number of allylic oxidation sites excluding steroid dienone is 1. The summed E-state index contributed by atoms with van der Waals surface area (Å²) in [6.07, 6.45) is 5.51. The highest BCUT2D eigenvalue weighted by molar-refractivity contribution is 6.19. The van der Waals surface area contributed by atoms with Gasteiger partial charge in [-0.05, 0) is 152 Å². The number of hydrogen-bond acceptors (Lipinski definition) is 2. The smallest absolute Gasteiger partial charge is 0.135 e. The molecule has 11 aromatic rings. The number of para-hydroxylation sites is 1. The summed E-state index contributed by atoms with van der Waals surface area (Å²) < 4.78 is 8.89.